The van der Waals surface area contributed by atoms with Crippen LogP contribution < -0.4 is 5.32 Å². The van der Waals surface area contributed by atoms with Gasteiger partial charge in [0.25, 0.3) is 0 Å². The SMILES string of the molecule is Cc1noc(CN2CCN(C(=O)[C@H]3CCCNC3)CC2)n1. The molecule has 7 heteroatoms. The molecule has 7 nitrogen and oxygen atoms in total. The number of rotatable bonds is 3. The van der Waals surface area contributed by atoms with E-state index in [1.54, 1.807) is 0 Å². The summed E-state index contributed by atoms with van der Waals surface area (Å²) in [6, 6.07) is 0. The van der Waals surface area contributed by atoms with Gasteiger partial charge in [-0.05, 0) is 26.3 Å². The zero-order chi connectivity index (χ0) is 14.7. The molecule has 0 radical (unpaired) electrons. The number of carbonyl (C=O) groups is 1. The van der Waals surface area contributed by atoms with E-state index < -0.39 is 0 Å². The van der Waals surface area contributed by atoms with Gasteiger partial charge in [0.2, 0.25) is 11.8 Å². The van der Waals surface area contributed by atoms with Crippen molar-refractivity contribution in [3.8, 4) is 0 Å². The Morgan fingerprint density at radius 3 is 2.81 bits per heavy atom. The summed E-state index contributed by atoms with van der Waals surface area (Å²) in [4.78, 5) is 20.9. The van der Waals surface area contributed by atoms with Crippen molar-refractivity contribution in [3.63, 3.8) is 0 Å². The third kappa shape index (κ3) is 3.59. The van der Waals surface area contributed by atoms with Crippen LogP contribution in [0.4, 0.5) is 0 Å². The minimum Gasteiger partial charge on any atom is -0.340 e. The second-order valence-corrected chi connectivity index (χ2v) is 5.88. The molecular weight excluding hydrogens is 270 g/mol. The van der Waals surface area contributed by atoms with Crippen LogP contribution in [0.3, 0.4) is 0 Å². The van der Waals surface area contributed by atoms with E-state index in [0.29, 0.717) is 24.2 Å². The maximum atomic E-state index is 12.4. The molecular formula is C14H23N5O2. The predicted octanol–water partition coefficient (Wildman–Crippen LogP) is 0.0218. The number of piperazine rings is 1. The van der Waals surface area contributed by atoms with Crippen molar-refractivity contribution < 1.29 is 9.32 Å². The topological polar surface area (TPSA) is 74.5 Å². The van der Waals surface area contributed by atoms with E-state index in [4.69, 9.17) is 4.52 Å². The third-order valence-corrected chi connectivity index (χ3v) is 4.26. The maximum absolute atomic E-state index is 12.4. The molecule has 2 aliphatic rings. The van der Waals surface area contributed by atoms with Gasteiger partial charge in [-0.1, -0.05) is 5.16 Å². The lowest BCUT2D eigenvalue weighted by molar-refractivity contribution is -0.138. The summed E-state index contributed by atoms with van der Waals surface area (Å²) in [5.74, 6) is 1.81. The minimum absolute atomic E-state index is 0.170. The molecule has 0 aromatic carbocycles. The Kier molecular flexibility index (Phi) is 4.50. The summed E-state index contributed by atoms with van der Waals surface area (Å²) in [6.45, 7) is 7.70. The number of piperidine rings is 1. The lowest BCUT2D eigenvalue weighted by atomic mass is 9.98. The summed E-state index contributed by atoms with van der Waals surface area (Å²) in [5, 5.41) is 7.12. The Balaban J connectivity index is 1.47. The van der Waals surface area contributed by atoms with Crippen LogP contribution >= 0.6 is 0 Å². The molecule has 1 amide bonds. The molecule has 0 bridgehead atoms. The molecule has 2 saturated heterocycles. The Labute approximate surface area is 124 Å². The van der Waals surface area contributed by atoms with E-state index in [9.17, 15) is 4.79 Å². The molecule has 2 fully saturated rings. The van der Waals surface area contributed by atoms with E-state index >= 15 is 0 Å². The van der Waals surface area contributed by atoms with Crippen LogP contribution in [0.15, 0.2) is 4.52 Å². The lowest BCUT2D eigenvalue weighted by Crippen LogP contribution is -2.51. The highest BCUT2D eigenvalue weighted by atomic mass is 16.5. The van der Waals surface area contributed by atoms with Gasteiger partial charge in [0, 0.05) is 32.7 Å². The Hall–Kier alpha value is -1.47. The predicted molar refractivity (Wildman–Crippen MR) is 76.5 cm³/mol. The Morgan fingerprint density at radius 2 is 2.19 bits per heavy atom. The molecule has 116 valence electrons. The Morgan fingerprint density at radius 1 is 1.38 bits per heavy atom. The number of aromatic nitrogens is 2. The van der Waals surface area contributed by atoms with E-state index in [2.05, 4.69) is 20.4 Å². The largest absolute Gasteiger partial charge is 0.340 e. The number of hydrogen-bond acceptors (Lipinski definition) is 6. The number of hydrogen-bond donors (Lipinski definition) is 1. The van der Waals surface area contributed by atoms with Crippen molar-refractivity contribution in [2.24, 2.45) is 5.92 Å². The molecule has 1 N–H and O–H groups in total. The summed E-state index contributed by atoms with van der Waals surface area (Å²) >= 11 is 0. The molecule has 0 unspecified atom stereocenters. The lowest BCUT2D eigenvalue weighted by Gasteiger charge is -2.36. The average molecular weight is 293 g/mol. The van der Waals surface area contributed by atoms with Gasteiger partial charge in [-0.3, -0.25) is 9.69 Å². The first kappa shape index (κ1) is 14.5. The van der Waals surface area contributed by atoms with Crippen LogP contribution in [0.1, 0.15) is 24.6 Å². The minimum atomic E-state index is 0.170. The summed E-state index contributed by atoms with van der Waals surface area (Å²) in [7, 11) is 0. The smallest absolute Gasteiger partial charge is 0.240 e. The van der Waals surface area contributed by atoms with Crippen molar-refractivity contribution >= 4 is 5.91 Å². The molecule has 1 aromatic rings. The van der Waals surface area contributed by atoms with Gasteiger partial charge in [-0.15, -0.1) is 0 Å². The zero-order valence-electron chi connectivity index (χ0n) is 12.5. The van der Waals surface area contributed by atoms with Crippen molar-refractivity contribution in [3.05, 3.63) is 11.7 Å². The van der Waals surface area contributed by atoms with E-state index in [0.717, 1.165) is 52.1 Å². The number of amides is 1. The molecule has 3 heterocycles. The maximum Gasteiger partial charge on any atom is 0.240 e. The molecule has 3 rings (SSSR count). The van der Waals surface area contributed by atoms with Crippen LogP contribution in [0.5, 0.6) is 0 Å². The molecule has 1 atom stereocenters. The van der Waals surface area contributed by atoms with Gasteiger partial charge in [0.05, 0.1) is 12.5 Å². The van der Waals surface area contributed by atoms with Crippen LogP contribution in [0.25, 0.3) is 0 Å². The van der Waals surface area contributed by atoms with E-state index in [-0.39, 0.29) is 5.92 Å². The highest BCUT2D eigenvalue weighted by Crippen LogP contribution is 2.15. The van der Waals surface area contributed by atoms with Crippen LogP contribution in [0.2, 0.25) is 0 Å². The van der Waals surface area contributed by atoms with Gasteiger partial charge in [0.1, 0.15) is 0 Å². The summed E-state index contributed by atoms with van der Waals surface area (Å²) in [6.07, 6.45) is 2.13. The third-order valence-electron chi connectivity index (χ3n) is 4.26. The first-order valence-electron chi connectivity index (χ1n) is 7.73. The molecule has 0 spiro atoms. The van der Waals surface area contributed by atoms with E-state index in [1.807, 2.05) is 11.8 Å². The van der Waals surface area contributed by atoms with Gasteiger partial charge in [0.15, 0.2) is 5.82 Å². The average Bonchev–Trinajstić information content (AvgIpc) is 2.93. The number of nitrogens with one attached hydrogen (secondary N) is 1. The normalized spacial score (nSPS) is 24.2. The van der Waals surface area contributed by atoms with Gasteiger partial charge in [-0.2, -0.15) is 4.98 Å². The van der Waals surface area contributed by atoms with Crippen molar-refractivity contribution in [2.75, 3.05) is 39.3 Å². The highest BCUT2D eigenvalue weighted by Gasteiger charge is 2.28. The molecule has 21 heavy (non-hydrogen) atoms. The highest BCUT2D eigenvalue weighted by molar-refractivity contribution is 5.79. The van der Waals surface area contributed by atoms with Crippen molar-refractivity contribution in [1.29, 1.82) is 0 Å². The fraction of sp³-hybridized carbons (Fsp3) is 0.786. The van der Waals surface area contributed by atoms with Crippen LogP contribution in [-0.4, -0.2) is 65.1 Å². The quantitative estimate of drug-likeness (QED) is 0.847. The molecule has 1 aromatic heterocycles. The fourth-order valence-corrected chi connectivity index (χ4v) is 3.04. The standard InChI is InChI=1S/C14H23N5O2/c1-11-16-13(21-17-11)10-18-5-7-19(8-6-18)14(20)12-3-2-4-15-9-12/h12,15H,2-10H2,1H3/t12-/m0/s1. The summed E-state index contributed by atoms with van der Waals surface area (Å²) < 4.78 is 5.14. The van der Waals surface area contributed by atoms with Gasteiger partial charge >= 0.3 is 0 Å². The van der Waals surface area contributed by atoms with Crippen LogP contribution in [-0.2, 0) is 11.3 Å². The second-order valence-electron chi connectivity index (χ2n) is 5.88. The fourth-order valence-electron chi connectivity index (χ4n) is 3.04. The second kappa shape index (κ2) is 6.53. The zero-order valence-corrected chi connectivity index (χ0v) is 12.5. The molecule has 0 aliphatic carbocycles. The summed E-state index contributed by atoms with van der Waals surface area (Å²) in [5.41, 5.74) is 0. The van der Waals surface area contributed by atoms with Crippen molar-refractivity contribution in [1.82, 2.24) is 25.3 Å². The first-order valence-corrected chi connectivity index (χ1v) is 7.73. The van der Waals surface area contributed by atoms with Gasteiger partial charge < -0.3 is 14.7 Å². The molecule has 2 aliphatic heterocycles. The number of carbonyl (C=O) groups excluding carboxylic acids is 1. The number of aryl methyl sites for hydroxylation is 1. The molecule has 0 saturated carbocycles. The first-order chi connectivity index (χ1) is 10.2. The van der Waals surface area contributed by atoms with Gasteiger partial charge in [-0.25, -0.2) is 0 Å². The van der Waals surface area contributed by atoms with Crippen molar-refractivity contribution in [2.45, 2.75) is 26.3 Å². The van der Waals surface area contributed by atoms with E-state index in [1.165, 1.54) is 0 Å². The monoisotopic (exact) mass is 293 g/mol. The van der Waals surface area contributed by atoms with Crippen LogP contribution in [0, 0.1) is 12.8 Å². The Bertz CT molecular complexity index is 475. The number of nitrogens with zero attached hydrogens (tertiary/aromatic N) is 4.